The molecule has 2 unspecified atom stereocenters. The molecule has 1 fully saturated rings. The van der Waals surface area contributed by atoms with E-state index in [1.165, 1.54) is 18.6 Å². The van der Waals surface area contributed by atoms with E-state index in [4.69, 9.17) is 17.3 Å². The molecule has 4 N–H and O–H groups in total. The second-order valence-corrected chi connectivity index (χ2v) is 6.03. The molecule has 3 nitrogen and oxygen atoms in total. The Morgan fingerprint density at radius 2 is 2.32 bits per heavy atom. The average Bonchev–Trinajstić information content (AvgIpc) is 2.36. The first kappa shape index (κ1) is 14.4. The Kier molecular flexibility index (Phi) is 4.21. The highest BCUT2D eigenvalue weighted by atomic mass is 35.5. The summed E-state index contributed by atoms with van der Waals surface area (Å²) in [6, 6.07) is 2.70. The number of nitrogen functional groups attached to an aromatic ring is 1. The minimum atomic E-state index is -0.528. The Balaban J connectivity index is 2.25. The van der Waals surface area contributed by atoms with Crippen molar-refractivity contribution >= 4 is 23.0 Å². The standard InChI is InChI=1S/C14H20ClFN2O/c1-9-3-2-4-14(7-9,8-19)18-13-5-10(15)11(16)6-12(13)17/h5-6,9,18-19H,2-4,7-8,17H2,1H3. The highest BCUT2D eigenvalue weighted by Gasteiger charge is 2.34. The van der Waals surface area contributed by atoms with E-state index in [0.29, 0.717) is 17.3 Å². The topological polar surface area (TPSA) is 58.3 Å². The van der Waals surface area contributed by atoms with Gasteiger partial charge in [-0.15, -0.1) is 0 Å². The molecule has 1 aliphatic rings. The summed E-state index contributed by atoms with van der Waals surface area (Å²) in [5, 5.41) is 13.0. The Labute approximate surface area is 117 Å². The molecule has 1 aromatic rings. The van der Waals surface area contributed by atoms with Crippen molar-refractivity contribution in [3.8, 4) is 0 Å². The smallest absolute Gasteiger partial charge is 0.143 e. The van der Waals surface area contributed by atoms with E-state index in [2.05, 4.69) is 12.2 Å². The molecule has 1 saturated carbocycles. The molecular formula is C14H20ClFN2O. The van der Waals surface area contributed by atoms with Crippen molar-refractivity contribution in [3.63, 3.8) is 0 Å². The highest BCUT2D eigenvalue weighted by Crippen LogP contribution is 2.37. The van der Waals surface area contributed by atoms with Gasteiger partial charge in [0.05, 0.1) is 28.5 Å². The van der Waals surface area contributed by atoms with Crippen LogP contribution >= 0.6 is 11.6 Å². The Morgan fingerprint density at radius 1 is 1.58 bits per heavy atom. The van der Waals surface area contributed by atoms with Crippen LogP contribution in [0.1, 0.15) is 32.6 Å². The van der Waals surface area contributed by atoms with Crippen molar-refractivity contribution in [2.75, 3.05) is 17.7 Å². The summed E-state index contributed by atoms with van der Waals surface area (Å²) in [4.78, 5) is 0. The van der Waals surface area contributed by atoms with E-state index in [0.717, 1.165) is 19.3 Å². The number of hydrogen-bond donors (Lipinski definition) is 3. The van der Waals surface area contributed by atoms with Crippen molar-refractivity contribution in [1.29, 1.82) is 0 Å². The number of halogens is 2. The maximum atomic E-state index is 13.3. The van der Waals surface area contributed by atoms with Crippen LogP contribution in [0.5, 0.6) is 0 Å². The molecule has 5 heteroatoms. The Morgan fingerprint density at radius 3 is 2.95 bits per heavy atom. The monoisotopic (exact) mass is 286 g/mol. The van der Waals surface area contributed by atoms with Gasteiger partial charge in [-0.3, -0.25) is 0 Å². The number of rotatable bonds is 3. The van der Waals surface area contributed by atoms with Gasteiger partial charge < -0.3 is 16.2 Å². The largest absolute Gasteiger partial charge is 0.397 e. The molecule has 0 spiro atoms. The van der Waals surface area contributed by atoms with E-state index in [1.807, 2.05) is 0 Å². The zero-order valence-corrected chi connectivity index (χ0v) is 11.8. The number of anilines is 2. The number of nitrogens with two attached hydrogens (primary N) is 1. The summed E-state index contributed by atoms with van der Waals surface area (Å²) < 4.78 is 13.3. The predicted molar refractivity (Wildman–Crippen MR) is 76.9 cm³/mol. The molecule has 2 atom stereocenters. The molecule has 2 rings (SSSR count). The Hall–Kier alpha value is -1.00. The van der Waals surface area contributed by atoms with Gasteiger partial charge >= 0.3 is 0 Å². The number of nitrogens with one attached hydrogen (secondary N) is 1. The maximum absolute atomic E-state index is 13.3. The molecule has 0 saturated heterocycles. The number of aliphatic hydroxyl groups is 1. The zero-order chi connectivity index (χ0) is 14.0. The van der Waals surface area contributed by atoms with E-state index >= 15 is 0 Å². The van der Waals surface area contributed by atoms with E-state index in [9.17, 15) is 9.50 Å². The summed E-state index contributed by atoms with van der Waals surface area (Å²) in [7, 11) is 0. The van der Waals surface area contributed by atoms with Crippen molar-refractivity contribution in [3.05, 3.63) is 23.0 Å². The van der Waals surface area contributed by atoms with Gasteiger partial charge in [0, 0.05) is 6.07 Å². The second kappa shape index (κ2) is 5.55. The molecule has 106 valence electrons. The molecule has 0 bridgehead atoms. The first-order chi connectivity index (χ1) is 8.96. The van der Waals surface area contributed by atoms with Gasteiger partial charge in [-0.25, -0.2) is 4.39 Å². The van der Waals surface area contributed by atoms with Crippen LogP contribution in [0, 0.1) is 11.7 Å². The maximum Gasteiger partial charge on any atom is 0.143 e. The van der Waals surface area contributed by atoms with Crippen LogP contribution in [-0.2, 0) is 0 Å². The fourth-order valence-corrected chi connectivity index (χ4v) is 3.08. The summed E-state index contributed by atoms with van der Waals surface area (Å²) in [6.07, 6.45) is 3.98. The average molecular weight is 287 g/mol. The number of benzene rings is 1. The molecule has 0 heterocycles. The third kappa shape index (κ3) is 3.12. The molecule has 0 radical (unpaired) electrons. The molecule has 1 aromatic carbocycles. The molecule has 0 amide bonds. The summed E-state index contributed by atoms with van der Waals surface area (Å²) >= 11 is 5.79. The quantitative estimate of drug-likeness (QED) is 0.746. The van der Waals surface area contributed by atoms with Gasteiger partial charge in [0.1, 0.15) is 5.82 Å². The third-order valence-corrected chi connectivity index (χ3v) is 4.18. The molecule has 19 heavy (non-hydrogen) atoms. The second-order valence-electron chi connectivity index (χ2n) is 5.62. The molecule has 1 aliphatic carbocycles. The van der Waals surface area contributed by atoms with Crippen molar-refractivity contribution < 1.29 is 9.50 Å². The van der Waals surface area contributed by atoms with Gasteiger partial charge in [0.25, 0.3) is 0 Å². The van der Waals surface area contributed by atoms with Crippen LogP contribution in [0.15, 0.2) is 12.1 Å². The van der Waals surface area contributed by atoms with Crippen LogP contribution in [0.4, 0.5) is 15.8 Å². The zero-order valence-electron chi connectivity index (χ0n) is 11.0. The molecule has 0 aliphatic heterocycles. The van der Waals surface area contributed by atoms with Gasteiger partial charge in [0.15, 0.2) is 0 Å². The highest BCUT2D eigenvalue weighted by molar-refractivity contribution is 6.31. The van der Waals surface area contributed by atoms with Crippen LogP contribution in [-0.4, -0.2) is 17.3 Å². The van der Waals surface area contributed by atoms with Crippen molar-refractivity contribution in [2.24, 2.45) is 5.92 Å². The fraction of sp³-hybridized carbons (Fsp3) is 0.571. The SMILES string of the molecule is CC1CCCC(CO)(Nc2cc(Cl)c(F)cc2N)C1. The molecule has 0 aromatic heterocycles. The normalized spacial score (nSPS) is 27.3. The lowest BCUT2D eigenvalue weighted by Crippen LogP contribution is -2.46. The lowest BCUT2D eigenvalue weighted by molar-refractivity contribution is 0.149. The minimum absolute atomic E-state index is 0.0335. The van der Waals surface area contributed by atoms with E-state index < -0.39 is 5.82 Å². The first-order valence-corrected chi connectivity index (χ1v) is 6.97. The molecular weight excluding hydrogens is 267 g/mol. The number of aliphatic hydroxyl groups excluding tert-OH is 1. The first-order valence-electron chi connectivity index (χ1n) is 6.59. The van der Waals surface area contributed by atoms with Crippen LogP contribution < -0.4 is 11.1 Å². The van der Waals surface area contributed by atoms with Crippen molar-refractivity contribution in [2.45, 2.75) is 38.1 Å². The van der Waals surface area contributed by atoms with Crippen LogP contribution in [0.2, 0.25) is 5.02 Å². The fourth-order valence-electron chi connectivity index (χ4n) is 2.91. The van der Waals surface area contributed by atoms with Gasteiger partial charge in [-0.2, -0.15) is 0 Å². The lowest BCUT2D eigenvalue weighted by Gasteiger charge is -2.40. The summed E-state index contributed by atoms with van der Waals surface area (Å²) in [6.45, 7) is 2.21. The van der Waals surface area contributed by atoms with E-state index in [-0.39, 0.29) is 17.2 Å². The summed E-state index contributed by atoms with van der Waals surface area (Å²) in [5.41, 5.74) is 6.34. The lowest BCUT2D eigenvalue weighted by atomic mass is 9.76. The van der Waals surface area contributed by atoms with Crippen molar-refractivity contribution in [1.82, 2.24) is 0 Å². The summed E-state index contributed by atoms with van der Waals surface area (Å²) in [5.74, 6) is 0.0188. The van der Waals surface area contributed by atoms with Gasteiger partial charge in [-0.05, 0) is 24.8 Å². The van der Waals surface area contributed by atoms with Gasteiger partial charge in [-0.1, -0.05) is 31.4 Å². The van der Waals surface area contributed by atoms with Crippen LogP contribution in [0.3, 0.4) is 0 Å². The van der Waals surface area contributed by atoms with E-state index in [1.54, 1.807) is 0 Å². The number of hydrogen-bond acceptors (Lipinski definition) is 3. The third-order valence-electron chi connectivity index (χ3n) is 3.89. The Bertz CT molecular complexity index is 469. The minimum Gasteiger partial charge on any atom is -0.397 e. The van der Waals surface area contributed by atoms with Crippen LogP contribution in [0.25, 0.3) is 0 Å². The van der Waals surface area contributed by atoms with Gasteiger partial charge in [0.2, 0.25) is 0 Å². The predicted octanol–water partition coefficient (Wildman–Crippen LogP) is 3.41.